The van der Waals surface area contributed by atoms with Crippen molar-refractivity contribution in [3.8, 4) is 0 Å². The van der Waals surface area contributed by atoms with Crippen molar-refractivity contribution in [3.05, 3.63) is 0 Å². The molecule has 14 heavy (non-hydrogen) atoms. The summed E-state index contributed by atoms with van der Waals surface area (Å²) in [6.07, 6.45) is 6.88. The molecule has 0 spiro atoms. The van der Waals surface area contributed by atoms with Gasteiger partial charge in [0.2, 0.25) is 0 Å². The minimum atomic E-state index is 0.812. The molecule has 2 nitrogen and oxygen atoms in total. The van der Waals surface area contributed by atoms with Gasteiger partial charge in [0.1, 0.15) is 0 Å². The molecule has 1 rings (SSSR count). The zero-order valence-electron chi connectivity index (χ0n) is 10.3. The molecule has 0 aliphatic carbocycles. The maximum Gasteiger partial charge on any atom is 0.0913 e. The van der Waals surface area contributed by atoms with Crippen molar-refractivity contribution in [1.29, 1.82) is 0 Å². The number of nitrogens with two attached hydrogens (primary N) is 1. The van der Waals surface area contributed by atoms with E-state index in [0.717, 1.165) is 6.04 Å². The van der Waals surface area contributed by atoms with E-state index in [9.17, 15) is 0 Å². The molecule has 1 saturated heterocycles. The van der Waals surface area contributed by atoms with Crippen LogP contribution >= 0.6 is 0 Å². The van der Waals surface area contributed by atoms with Gasteiger partial charge in [-0.3, -0.25) is 0 Å². The third-order valence-corrected chi connectivity index (χ3v) is 2.63. The van der Waals surface area contributed by atoms with Crippen LogP contribution in [-0.4, -0.2) is 25.7 Å². The predicted octanol–water partition coefficient (Wildman–Crippen LogP) is 1.52. The highest BCUT2D eigenvalue weighted by molar-refractivity contribution is 4.67. The van der Waals surface area contributed by atoms with Gasteiger partial charge < -0.3 is 10.6 Å². The Morgan fingerprint density at radius 2 is 2.00 bits per heavy atom. The minimum absolute atomic E-state index is 0.812. The second kappa shape index (κ2) is 11.0. The van der Waals surface area contributed by atoms with E-state index in [4.69, 9.17) is 0 Å². The van der Waals surface area contributed by atoms with Crippen LogP contribution < -0.4 is 10.6 Å². The molecule has 0 aromatic rings. The molecule has 0 saturated carbocycles. The molecule has 1 fully saturated rings. The van der Waals surface area contributed by atoms with Crippen LogP contribution in [0.15, 0.2) is 0 Å². The van der Waals surface area contributed by atoms with Gasteiger partial charge in [-0.25, -0.2) is 0 Å². The number of quaternary nitrogens is 1. The van der Waals surface area contributed by atoms with Gasteiger partial charge in [-0.1, -0.05) is 40.0 Å². The molecular weight excluding hydrogens is 172 g/mol. The van der Waals surface area contributed by atoms with Gasteiger partial charge in [0.05, 0.1) is 19.1 Å². The normalized spacial score (nSPS) is 20.4. The molecule has 1 aliphatic heterocycles. The van der Waals surface area contributed by atoms with Crippen LogP contribution in [-0.2, 0) is 0 Å². The van der Waals surface area contributed by atoms with Crippen molar-refractivity contribution in [2.75, 3.05) is 19.6 Å². The number of hydrogen-bond donors (Lipinski definition) is 2. The molecule has 1 atom stereocenters. The molecule has 2 heteroatoms. The Kier molecular flexibility index (Phi) is 10.9. The first-order chi connectivity index (χ1) is 6.93. The predicted molar refractivity (Wildman–Crippen MR) is 63.6 cm³/mol. The molecule has 0 aromatic heterocycles. The molecule has 3 N–H and O–H groups in total. The summed E-state index contributed by atoms with van der Waals surface area (Å²) in [5, 5.41) is 6.02. The molecule has 1 unspecified atom stereocenters. The van der Waals surface area contributed by atoms with Gasteiger partial charge in [0.25, 0.3) is 0 Å². The second-order valence-corrected chi connectivity index (χ2v) is 3.81. The molecule has 0 amide bonds. The van der Waals surface area contributed by atoms with Crippen molar-refractivity contribution >= 4 is 0 Å². The van der Waals surface area contributed by atoms with E-state index < -0.39 is 0 Å². The summed E-state index contributed by atoms with van der Waals surface area (Å²) in [4.78, 5) is 0. The monoisotopic (exact) mass is 201 g/mol. The summed E-state index contributed by atoms with van der Waals surface area (Å²) in [6, 6.07) is 0.812. The van der Waals surface area contributed by atoms with E-state index in [1.165, 1.54) is 51.7 Å². The molecule has 0 bridgehead atoms. The largest absolute Gasteiger partial charge is 0.345 e. The van der Waals surface area contributed by atoms with E-state index in [0.29, 0.717) is 0 Å². The van der Waals surface area contributed by atoms with E-state index in [1.807, 2.05) is 13.8 Å². The van der Waals surface area contributed by atoms with Crippen LogP contribution in [0.5, 0.6) is 0 Å². The fraction of sp³-hybridized carbons (Fsp3) is 1.00. The molecule has 1 aliphatic rings. The van der Waals surface area contributed by atoms with Gasteiger partial charge in [-0.2, -0.15) is 0 Å². The summed E-state index contributed by atoms with van der Waals surface area (Å²) >= 11 is 0. The summed E-state index contributed by atoms with van der Waals surface area (Å²) in [5.41, 5.74) is 0. The van der Waals surface area contributed by atoms with Crippen molar-refractivity contribution in [1.82, 2.24) is 5.32 Å². The first kappa shape index (κ1) is 13.9. The first-order valence-electron chi connectivity index (χ1n) is 6.48. The van der Waals surface area contributed by atoms with Crippen molar-refractivity contribution in [2.24, 2.45) is 0 Å². The van der Waals surface area contributed by atoms with E-state index in [1.54, 1.807) is 0 Å². The maximum atomic E-state index is 3.61. The highest BCUT2D eigenvalue weighted by atomic mass is 15.0. The van der Waals surface area contributed by atoms with Gasteiger partial charge in [0, 0.05) is 6.42 Å². The molecule has 86 valence electrons. The van der Waals surface area contributed by atoms with Crippen molar-refractivity contribution < 1.29 is 5.32 Å². The Hall–Kier alpha value is -0.0800. The Morgan fingerprint density at radius 3 is 2.57 bits per heavy atom. The number of nitrogens with one attached hydrogen (secondary N) is 1. The lowest BCUT2D eigenvalue weighted by Crippen LogP contribution is -2.82. The van der Waals surface area contributed by atoms with Crippen molar-refractivity contribution in [2.45, 2.75) is 58.9 Å². The van der Waals surface area contributed by atoms with E-state index >= 15 is 0 Å². The standard InChI is InChI=1S/C10H22N2.C2H6/c1-2-3-4-5-7-12-10-6-8-11-9-10;1-2/h10-12H,2-9H2,1H3;1-2H3/p+1. The SMILES string of the molecule is CC.CCCCCCNC1CC[NH2+]C1. The minimum Gasteiger partial charge on any atom is -0.345 e. The van der Waals surface area contributed by atoms with Gasteiger partial charge >= 0.3 is 0 Å². The maximum absolute atomic E-state index is 3.61. The summed E-state index contributed by atoms with van der Waals surface area (Å²) in [5.74, 6) is 0. The molecule has 0 radical (unpaired) electrons. The third kappa shape index (κ3) is 7.34. The highest BCUT2D eigenvalue weighted by Crippen LogP contribution is 1.98. The smallest absolute Gasteiger partial charge is 0.0913 e. The zero-order valence-corrected chi connectivity index (χ0v) is 10.3. The quantitative estimate of drug-likeness (QED) is 0.627. The van der Waals surface area contributed by atoms with E-state index in [2.05, 4.69) is 17.6 Å². The van der Waals surface area contributed by atoms with Gasteiger partial charge in [-0.05, 0) is 13.0 Å². The van der Waals surface area contributed by atoms with Crippen LogP contribution in [0, 0.1) is 0 Å². The number of unbranched alkanes of at least 4 members (excludes halogenated alkanes) is 3. The lowest BCUT2D eigenvalue weighted by Gasteiger charge is -2.07. The topological polar surface area (TPSA) is 28.6 Å². The highest BCUT2D eigenvalue weighted by Gasteiger charge is 2.15. The average molecular weight is 201 g/mol. The molecule has 0 aromatic carbocycles. The van der Waals surface area contributed by atoms with Crippen LogP contribution in [0.3, 0.4) is 0 Å². The van der Waals surface area contributed by atoms with Crippen molar-refractivity contribution in [3.63, 3.8) is 0 Å². The van der Waals surface area contributed by atoms with E-state index in [-0.39, 0.29) is 0 Å². The Morgan fingerprint density at radius 1 is 1.21 bits per heavy atom. The first-order valence-corrected chi connectivity index (χ1v) is 6.48. The number of rotatable bonds is 6. The van der Waals surface area contributed by atoms with Gasteiger partial charge in [0.15, 0.2) is 0 Å². The Balaban J connectivity index is 0.000000791. The molecular formula is C12H29N2+. The van der Waals surface area contributed by atoms with Crippen LogP contribution in [0.1, 0.15) is 52.9 Å². The fourth-order valence-electron chi connectivity index (χ4n) is 1.80. The third-order valence-electron chi connectivity index (χ3n) is 2.63. The molecule has 1 heterocycles. The lowest BCUT2D eigenvalue weighted by molar-refractivity contribution is -0.636. The Bertz CT molecular complexity index is 98.5. The number of hydrogen-bond acceptors (Lipinski definition) is 1. The average Bonchev–Trinajstić information content (AvgIpc) is 2.74. The van der Waals surface area contributed by atoms with Crippen LogP contribution in [0.25, 0.3) is 0 Å². The Labute approximate surface area is 89.9 Å². The zero-order chi connectivity index (χ0) is 10.6. The fourth-order valence-corrected chi connectivity index (χ4v) is 1.80. The lowest BCUT2D eigenvalue weighted by atomic mass is 10.2. The second-order valence-electron chi connectivity index (χ2n) is 3.81. The summed E-state index contributed by atoms with van der Waals surface area (Å²) < 4.78 is 0. The van der Waals surface area contributed by atoms with Gasteiger partial charge in [-0.15, -0.1) is 0 Å². The summed E-state index contributed by atoms with van der Waals surface area (Å²) in [6.45, 7) is 10.1. The summed E-state index contributed by atoms with van der Waals surface area (Å²) in [7, 11) is 0. The van der Waals surface area contributed by atoms with Crippen LogP contribution in [0.2, 0.25) is 0 Å². The van der Waals surface area contributed by atoms with Crippen LogP contribution in [0.4, 0.5) is 0 Å².